The molecule has 2 rings (SSSR count). The Morgan fingerprint density at radius 1 is 1.42 bits per heavy atom. The number of allylic oxidation sites excluding steroid dienone is 1. The lowest BCUT2D eigenvalue weighted by Crippen LogP contribution is -2.45. The number of rotatable bonds is 7. The van der Waals surface area contributed by atoms with Crippen molar-refractivity contribution in [2.24, 2.45) is 5.92 Å². The van der Waals surface area contributed by atoms with E-state index < -0.39 is 35.6 Å². The first kappa shape index (κ1) is 17.7. The van der Waals surface area contributed by atoms with Crippen LogP contribution in [0.15, 0.2) is 36.9 Å². The Morgan fingerprint density at radius 3 is 2.67 bits per heavy atom. The summed E-state index contributed by atoms with van der Waals surface area (Å²) in [7, 11) is 0. The lowest BCUT2D eigenvalue weighted by Gasteiger charge is -2.18. The molecule has 7 heteroatoms. The number of halogens is 1. The number of nitrogens with one attached hydrogen (secondary N) is 1. The first-order chi connectivity index (χ1) is 11.4. The number of anilines is 1. The topological polar surface area (TPSA) is 86.7 Å². The van der Waals surface area contributed by atoms with Crippen LogP contribution in [0.1, 0.15) is 19.3 Å². The third-order valence-corrected chi connectivity index (χ3v) is 3.93. The summed E-state index contributed by atoms with van der Waals surface area (Å²) < 4.78 is 13.0. The van der Waals surface area contributed by atoms with Crippen molar-refractivity contribution in [1.82, 2.24) is 5.32 Å². The van der Waals surface area contributed by atoms with Gasteiger partial charge in [-0.2, -0.15) is 0 Å². The molecule has 1 fully saturated rings. The Bertz CT molecular complexity index is 644. The van der Waals surface area contributed by atoms with E-state index in [1.54, 1.807) is 6.08 Å². The Hall–Kier alpha value is -2.70. The van der Waals surface area contributed by atoms with Gasteiger partial charge in [-0.15, -0.1) is 6.58 Å². The van der Waals surface area contributed by atoms with Crippen molar-refractivity contribution in [2.75, 3.05) is 11.4 Å². The number of benzene rings is 1. The molecule has 2 amide bonds. The summed E-state index contributed by atoms with van der Waals surface area (Å²) >= 11 is 0. The van der Waals surface area contributed by atoms with Gasteiger partial charge in [-0.25, -0.2) is 9.18 Å². The molecule has 6 nitrogen and oxygen atoms in total. The van der Waals surface area contributed by atoms with Crippen LogP contribution in [0, 0.1) is 11.7 Å². The normalized spacial score (nSPS) is 18.3. The fourth-order valence-corrected chi connectivity index (χ4v) is 2.61. The number of carbonyl (C=O) groups is 3. The molecule has 2 unspecified atom stereocenters. The molecule has 128 valence electrons. The fraction of sp³-hybridized carbons (Fsp3) is 0.353. The molecule has 1 aromatic rings. The van der Waals surface area contributed by atoms with Crippen LogP contribution < -0.4 is 10.2 Å². The van der Waals surface area contributed by atoms with Crippen LogP contribution in [0.3, 0.4) is 0 Å². The summed E-state index contributed by atoms with van der Waals surface area (Å²) in [6.45, 7) is 3.84. The van der Waals surface area contributed by atoms with E-state index >= 15 is 0 Å². The molecular formula is C17H19FN2O4. The highest BCUT2D eigenvalue weighted by Gasteiger charge is 2.38. The maximum atomic E-state index is 13.0. The second kappa shape index (κ2) is 7.72. The summed E-state index contributed by atoms with van der Waals surface area (Å²) in [6, 6.07) is 4.37. The minimum absolute atomic E-state index is 0.215. The van der Waals surface area contributed by atoms with E-state index in [2.05, 4.69) is 11.9 Å². The summed E-state index contributed by atoms with van der Waals surface area (Å²) in [6.07, 6.45) is 2.51. The van der Waals surface area contributed by atoms with Gasteiger partial charge in [0.2, 0.25) is 11.8 Å². The van der Waals surface area contributed by atoms with Crippen molar-refractivity contribution < 1.29 is 23.9 Å². The van der Waals surface area contributed by atoms with E-state index in [4.69, 9.17) is 5.11 Å². The lowest BCUT2D eigenvalue weighted by atomic mass is 10.1. The van der Waals surface area contributed by atoms with E-state index in [0.717, 1.165) is 0 Å². The summed E-state index contributed by atoms with van der Waals surface area (Å²) in [4.78, 5) is 37.2. The minimum atomic E-state index is -1.15. The zero-order chi connectivity index (χ0) is 17.7. The van der Waals surface area contributed by atoms with Crippen molar-refractivity contribution in [3.63, 3.8) is 0 Å². The molecular weight excluding hydrogens is 315 g/mol. The molecule has 1 aliphatic rings. The summed E-state index contributed by atoms with van der Waals surface area (Å²) in [5.74, 6) is -3.49. The third-order valence-electron chi connectivity index (χ3n) is 3.93. The molecule has 0 saturated carbocycles. The fourth-order valence-electron chi connectivity index (χ4n) is 2.61. The van der Waals surface area contributed by atoms with Crippen LogP contribution in [0.5, 0.6) is 0 Å². The monoisotopic (exact) mass is 334 g/mol. The second-order valence-corrected chi connectivity index (χ2v) is 5.57. The first-order valence-corrected chi connectivity index (χ1v) is 7.65. The quantitative estimate of drug-likeness (QED) is 0.587. The van der Waals surface area contributed by atoms with Gasteiger partial charge < -0.3 is 15.3 Å². The number of aliphatic carboxylic acids is 1. The van der Waals surface area contributed by atoms with E-state index in [0.29, 0.717) is 18.7 Å². The highest BCUT2D eigenvalue weighted by molar-refractivity contribution is 6.10. The average Bonchev–Trinajstić information content (AvgIpc) is 2.93. The summed E-state index contributed by atoms with van der Waals surface area (Å²) in [5, 5.41) is 11.5. The van der Waals surface area contributed by atoms with E-state index in [1.807, 2.05) is 0 Å². The van der Waals surface area contributed by atoms with Crippen molar-refractivity contribution in [2.45, 2.75) is 25.3 Å². The number of hydrogen-bond acceptors (Lipinski definition) is 3. The molecule has 0 radical (unpaired) electrons. The van der Waals surface area contributed by atoms with Crippen LogP contribution in [0.25, 0.3) is 0 Å². The molecule has 0 spiro atoms. The number of hydrogen-bond donors (Lipinski definition) is 2. The van der Waals surface area contributed by atoms with Gasteiger partial charge in [-0.05, 0) is 43.5 Å². The molecule has 0 bridgehead atoms. The van der Waals surface area contributed by atoms with Crippen molar-refractivity contribution in [3.05, 3.63) is 42.7 Å². The predicted octanol–water partition coefficient (Wildman–Crippen LogP) is 1.71. The van der Waals surface area contributed by atoms with E-state index in [-0.39, 0.29) is 12.8 Å². The Balaban J connectivity index is 2.03. The first-order valence-electron chi connectivity index (χ1n) is 7.65. The zero-order valence-corrected chi connectivity index (χ0v) is 13.1. The maximum absolute atomic E-state index is 13.0. The molecule has 2 N–H and O–H groups in total. The molecule has 1 heterocycles. The van der Waals surface area contributed by atoms with E-state index in [1.165, 1.54) is 29.2 Å². The second-order valence-electron chi connectivity index (χ2n) is 5.57. The van der Waals surface area contributed by atoms with Crippen LogP contribution >= 0.6 is 0 Å². The number of nitrogens with zero attached hydrogens (tertiary/aromatic N) is 1. The Morgan fingerprint density at radius 2 is 2.08 bits per heavy atom. The molecule has 1 aliphatic heterocycles. The lowest BCUT2D eigenvalue weighted by molar-refractivity contribution is -0.143. The van der Waals surface area contributed by atoms with E-state index in [9.17, 15) is 18.8 Å². The molecule has 1 saturated heterocycles. The number of amides is 2. The molecule has 0 aliphatic carbocycles. The summed E-state index contributed by atoms with van der Waals surface area (Å²) in [5.41, 5.74) is 0.512. The maximum Gasteiger partial charge on any atom is 0.326 e. The van der Waals surface area contributed by atoms with Gasteiger partial charge in [0.05, 0.1) is 0 Å². The van der Waals surface area contributed by atoms with Gasteiger partial charge >= 0.3 is 5.97 Å². The van der Waals surface area contributed by atoms with Gasteiger partial charge in [-0.3, -0.25) is 9.59 Å². The Kier molecular flexibility index (Phi) is 5.68. The number of carbonyl (C=O) groups excluding carboxylic acids is 2. The van der Waals surface area contributed by atoms with Crippen molar-refractivity contribution >= 4 is 23.5 Å². The van der Waals surface area contributed by atoms with Gasteiger partial charge in [0.25, 0.3) is 0 Å². The van der Waals surface area contributed by atoms with Gasteiger partial charge in [-0.1, -0.05) is 6.08 Å². The number of carboxylic acid groups (broad SMARTS) is 1. The predicted molar refractivity (Wildman–Crippen MR) is 85.9 cm³/mol. The highest BCUT2D eigenvalue weighted by atomic mass is 19.1. The molecule has 1 aromatic carbocycles. The van der Waals surface area contributed by atoms with Crippen molar-refractivity contribution in [3.8, 4) is 0 Å². The smallest absolute Gasteiger partial charge is 0.326 e. The Labute approximate surface area is 139 Å². The molecule has 0 aromatic heterocycles. The highest BCUT2D eigenvalue weighted by Crippen LogP contribution is 2.25. The SMILES string of the molecule is C=CCCC(NC(=O)C1CCN(c2ccc(F)cc2)C1=O)C(=O)O. The van der Waals surface area contributed by atoms with Crippen molar-refractivity contribution in [1.29, 1.82) is 0 Å². The zero-order valence-electron chi connectivity index (χ0n) is 13.1. The average molecular weight is 334 g/mol. The molecule has 24 heavy (non-hydrogen) atoms. The van der Waals surface area contributed by atoms with Gasteiger partial charge in [0.15, 0.2) is 0 Å². The third kappa shape index (κ3) is 3.98. The van der Waals surface area contributed by atoms with Crippen LogP contribution in [-0.2, 0) is 14.4 Å². The van der Waals surface area contributed by atoms with Gasteiger partial charge in [0.1, 0.15) is 17.8 Å². The molecule has 2 atom stereocenters. The largest absolute Gasteiger partial charge is 0.480 e. The van der Waals surface area contributed by atoms with Crippen LogP contribution in [0.4, 0.5) is 10.1 Å². The standard InChI is InChI=1S/C17H19FN2O4/c1-2-3-4-14(17(23)24)19-15(21)13-9-10-20(16(13)22)12-7-5-11(18)6-8-12/h2,5-8,13-14H,1,3-4,9-10H2,(H,19,21)(H,23,24). The van der Waals surface area contributed by atoms with Crippen LogP contribution in [0.2, 0.25) is 0 Å². The van der Waals surface area contributed by atoms with Crippen LogP contribution in [-0.4, -0.2) is 35.5 Å². The number of carboxylic acids is 1. The van der Waals surface area contributed by atoms with Gasteiger partial charge in [0, 0.05) is 12.2 Å². The minimum Gasteiger partial charge on any atom is -0.480 e.